The Balaban J connectivity index is 2.15. The van der Waals surface area contributed by atoms with Gasteiger partial charge in [0.25, 0.3) is 0 Å². The molecule has 0 fully saturated rings. The number of aliphatic hydroxyl groups excluding tert-OH is 1. The predicted molar refractivity (Wildman–Crippen MR) is 71.4 cm³/mol. The molecule has 0 aliphatic rings. The number of rotatable bonds is 3. The van der Waals surface area contributed by atoms with E-state index in [-0.39, 0.29) is 0 Å². The van der Waals surface area contributed by atoms with Gasteiger partial charge in [0.2, 0.25) is 5.88 Å². The van der Waals surface area contributed by atoms with Gasteiger partial charge in [-0.2, -0.15) is 0 Å². The summed E-state index contributed by atoms with van der Waals surface area (Å²) in [6.45, 7) is 1.68. The van der Waals surface area contributed by atoms with Crippen molar-refractivity contribution in [3.8, 4) is 11.6 Å². The first-order valence-electron chi connectivity index (χ1n) is 5.33. The molecule has 0 spiro atoms. The Labute approximate surface area is 115 Å². The molecule has 3 nitrogen and oxygen atoms in total. The molecule has 2 aromatic rings. The summed E-state index contributed by atoms with van der Waals surface area (Å²) in [4.78, 5) is 4.09. The van der Waals surface area contributed by atoms with E-state index in [1.165, 1.54) is 0 Å². The van der Waals surface area contributed by atoms with Crippen LogP contribution in [0.1, 0.15) is 18.6 Å². The van der Waals surface area contributed by atoms with Crippen LogP contribution in [0.3, 0.4) is 0 Å². The molecule has 0 unspecified atom stereocenters. The highest BCUT2D eigenvalue weighted by molar-refractivity contribution is 6.42. The van der Waals surface area contributed by atoms with Crippen molar-refractivity contribution in [3.63, 3.8) is 0 Å². The van der Waals surface area contributed by atoms with Crippen molar-refractivity contribution in [2.45, 2.75) is 13.0 Å². The molecule has 0 bridgehead atoms. The smallest absolute Gasteiger partial charge is 0.219 e. The largest absolute Gasteiger partial charge is 0.439 e. The molecular formula is C13H11Cl2NO2. The minimum absolute atomic E-state index is 0.426. The van der Waals surface area contributed by atoms with Crippen LogP contribution in [0.25, 0.3) is 0 Å². The first-order valence-corrected chi connectivity index (χ1v) is 6.09. The molecule has 0 aliphatic heterocycles. The SMILES string of the molecule is C[C@@H](O)c1ccc(Oc2ccc(Cl)c(Cl)c2)nc1. The van der Waals surface area contributed by atoms with Gasteiger partial charge in [0.1, 0.15) is 5.75 Å². The molecule has 0 saturated heterocycles. The van der Waals surface area contributed by atoms with Gasteiger partial charge < -0.3 is 9.84 Å². The summed E-state index contributed by atoms with van der Waals surface area (Å²) in [6, 6.07) is 8.42. The summed E-state index contributed by atoms with van der Waals surface area (Å²) in [5.41, 5.74) is 0.733. The number of aliphatic hydroxyl groups is 1. The fourth-order valence-electron chi connectivity index (χ4n) is 1.36. The van der Waals surface area contributed by atoms with Gasteiger partial charge in [-0.1, -0.05) is 23.2 Å². The summed E-state index contributed by atoms with van der Waals surface area (Å²) in [6.07, 6.45) is 1.02. The van der Waals surface area contributed by atoms with Crippen molar-refractivity contribution in [3.05, 3.63) is 52.1 Å². The van der Waals surface area contributed by atoms with Crippen molar-refractivity contribution in [2.75, 3.05) is 0 Å². The number of benzene rings is 1. The van der Waals surface area contributed by atoms with E-state index in [1.54, 1.807) is 43.5 Å². The van der Waals surface area contributed by atoms with Crippen molar-refractivity contribution in [2.24, 2.45) is 0 Å². The third kappa shape index (κ3) is 3.13. The number of hydrogen-bond donors (Lipinski definition) is 1. The zero-order chi connectivity index (χ0) is 13.1. The second kappa shape index (κ2) is 5.57. The van der Waals surface area contributed by atoms with E-state index in [4.69, 9.17) is 27.9 Å². The Bertz CT molecular complexity index is 541. The molecule has 94 valence electrons. The molecule has 0 saturated carbocycles. The highest BCUT2D eigenvalue weighted by Crippen LogP contribution is 2.28. The van der Waals surface area contributed by atoms with Crippen LogP contribution < -0.4 is 4.74 Å². The maximum atomic E-state index is 9.36. The van der Waals surface area contributed by atoms with Crippen LogP contribution in [0, 0.1) is 0 Å². The maximum absolute atomic E-state index is 9.36. The molecule has 1 atom stereocenters. The monoisotopic (exact) mass is 283 g/mol. The minimum Gasteiger partial charge on any atom is -0.439 e. The van der Waals surface area contributed by atoms with E-state index in [0.29, 0.717) is 21.7 Å². The summed E-state index contributed by atoms with van der Waals surface area (Å²) >= 11 is 11.7. The second-order valence-corrected chi connectivity index (χ2v) is 4.60. The third-order valence-electron chi connectivity index (χ3n) is 2.36. The van der Waals surface area contributed by atoms with Crippen molar-refractivity contribution >= 4 is 23.2 Å². The van der Waals surface area contributed by atoms with E-state index in [9.17, 15) is 5.11 Å². The average Bonchev–Trinajstić information content (AvgIpc) is 2.34. The zero-order valence-corrected chi connectivity index (χ0v) is 11.1. The fourth-order valence-corrected chi connectivity index (χ4v) is 1.65. The first kappa shape index (κ1) is 13.1. The number of halogens is 2. The molecular weight excluding hydrogens is 273 g/mol. The Morgan fingerprint density at radius 1 is 1.17 bits per heavy atom. The number of hydrogen-bond acceptors (Lipinski definition) is 3. The normalized spacial score (nSPS) is 12.2. The average molecular weight is 284 g/mol. The van der Waals surface area contributed by atoms with E-state index in [1.807, 2.05) is 0 Å². The first-order chi connectivity index (χ1) is 8.56. The summed E-state index contributed by atoms with van der Waals surface area (Å²) in [5.74, 6) is 0.986. The Morgan fingerprint density at radius 3 is 2.50 bits per heavy atom. The van der Waals surface area contributed by atoms with Gasteiger partial charge in [-0.15, -0.1) is 0 Å². The van der Waals surface area contributed by atoms with Crippen LogP contribution in [-0.4, -0.2) is 10.1 Å². The summed E-state index contributed by atoms with van der Waals surface area (Å²) in [5, 5.41) is 10.3. The second-order valence-electron chi connectivity index (χ2n) is 3.78. The van der Waals surface area contributed by atoms with Gasteiger partial charge in [0, 0.05) is 18.3 Å². The quantitative estimate of drug-likeness (QED) is 0.916. The molecule has 1 aromatic carbocycles. The molecule has 18 heavy (non-hydrogen) atoms. The van der Waals surface area contributed by atoms with Crippen LogP contribution in [0.5, 0.6) is 11.6 Å². The molecule has 1 aromatic heterocycles. The van der Waals surface area contributed by atoms with Gasteiger partial charge in [-0.25, -0.2) is 4.98 Å². The Kier molecular flexibility index (Phi) is 4.07. The van der Waals surface area contributed by atoms with Crippen LogP contribution in [-0.2, 0) is 0 Å². The summed E-state index contributed by atoms with van der Waals surface area (Å²) < 4.78 is 5.51. The van der Waals surface area contributed by atoms with Crippen LogP contribution in [0.4, 0.5) is 0 Å². The molecule has 1 N–H and O–H groups in total. The van der Waals surface area contributed by atoms with Crippen LogP contribution in [0.2, 0.25) is 10.0 Å². The molecule has 0 amide bonds. The van der Waals surface area contributed by atoms with Gasteiger partial charge in [0.15, 0.2) is 0 Å². The number of pyridine rings is 1. The highest BCUT2D eigenvalue weighted by Gasteiger charge is 2.04. The maximum Gasteiger partial charge on any atom is 0.219 e. The molecule has 5 heteroatoms. The fraction of sp³-hybridized carbons (Fsp3) is 0.154. The number of nitrogens with zero attached hydrogens (tertiary/aromatic N) is 1. The lowest BCUT2D eigenvalue weighted by Crippen LogP contribution is -1.93. The van der Waals surface area contributed by atoms with E-state index in [2.05, 4.69) is 4.98 Å². The van der Waals surface area contributed by atoms with Gasteiger partial charge in [0.05, 0.1) is 16.1 Å². The van der Waals surface area contributed by atoms with Gasteiger partial charge in [-0.05, 0) is 30.7 Å². The number of aromatic nitrogens is 1. The summed E-state index contributed by atoms with van der Waals surface area (Å²) in [7, 11) is 0. The Hall–Kier alpha value is -1.29. The Morgan fingerprint density at radius 2 is 1.94 bits per heavy atom. The molecule has 1 heterocycles. The number of ether oxygens (including phenoxy) is 1. The van der Waals surface area contributed by atoms with E-state index < -0.39 is 6.10 Å². The van der Waals surface area contributed by atoms with Crippen molar-refractivity contribution < 1.29 is 9.84 Å². The molecule has 2 rings (SSSR count). The van der Waals surface area contributed by atoms with Crippen molar-refractivity contribution in [1.82, 2.24) is 4.98 Å². The third-order valence-corrected chi connectivity index (χ3v) is 3.09. The molecule has 0 aliphatic carbocycles. The van der Waals surface area contributed by atoms with Crippen LogP contribution >= 0.6 is 23.2 Å². The van der Waals surface area contributed by atoms with Crippen molar-refractivity contribution in [1.29, 1.82) is 0 Å². The van der Waals surface area contributed by atoms with E-state index >= 15 is 0 Å². The van der Waals surface area contributed by atoms with Crippen LogP contribution in [0.15, 0.2) is 36.5 Å². The highest BCUT2D eigenvalue weighted by atomic mass is 35.5. The standard InChI is InChI=1S/C13H11Cl2NO2/c1-8(17)9-2-5-13(16-7-9)18-10-3-4-11(14)12(15)6-10/h2-8,17H,1H3/t8-/m1/s1. The minimum atomic E-state index is -0.545. The lowest BCUT2D eigenvalue weighted by molar-refractivity contribution is 0.198. The van der Waals surface area contributed by atoms with Gasteiger partial charge in [-0.3, -0.25) is 0 Å². The molecule has 0 radical (unpaired) electrons. The predicted octanol–water partition coefficient (Wildman–Crippen LogP) is 4.23. The topological polar surface area (TPSA) is 42.4 Å². The lowest BCUT2D eigenvalue weighted by atomic mass is 10.2. The zero-order valence-electron chi connectivity index (χ0n) is 9.60. The van der Waals surface area contributed by atoms with Gasteiger partial charge >= 0.3 is 0 Å². The lowest BCUT2D eigenvalue weighted by Gasteiger charge is -2.07. The van der Waals surface area contributed by atoms with E-state index in [0.717, 1.165) is 5.56 Å².